The van der Waals surface area contributed by atoms with Crippen molar-refractivity contribution in [3.8, 4) is 0 Å². The summed E-state index contributed by atoms with van der Waals surface area (Å²) in [5.41, 5.74) is 5.08. The van der Waals surface area contributed by atoms with Gasteiger partial charge in [-0.15, -0.1) is 12.4 Å². The van der Waals surface area contributed by atoms with Crippen LogP contribution < -0.4 is 0 Å². The first-order chi connectivity index (χ1) is 13.5. The van der Waals surface area contributed by atoms with Crippen LogP contribution in [0.5, 0.6) is 0 Å². The average molecular weight is 412 g/mol. The van der Waals surface area contributed by atoms with Crippen LogP contribution in [0.1, 0.15) is 27.5 Å². The zero-order valence-electron chi connectivity index (χ0n) is 16.9. The lowest BCUT2D eigenvalue weighted by Crippen LogP contribution is -2.33. The first-order valence-electron chi connectivity index (χ1n) is 9.85. The predicted molar refractivity (Wildman–Crippen MR) is 115 cm³/mol. The van der Waals surface area contributed by atoms with E-state index in [1.165, 1.54) is 11.1 Å². The number of fused-ring (bicyclic) bond motifs is 2. The summed E-state index contributed by atoms with van der Waals surface area (Å²) in [4.78, 5) is 22.1. The lowest BCUT2D eigenvalue weighted by molar-refractivity contribution is 0.0767. The van der Waals surface area contributed by atoms with Gasteiger partial charge in [-0.25, -0.2) is 0 Å². The van der Waals surface area contributed by atoms with Crippen molar-refractivity contribution in [3.05, 3.63) is 59.4 Å². The predicted octanol–water partition coefficient (Wildman–Crippen LogP) is 3.07. The first kappa shape index (κ1) is 19.9. The molecule has 0 spiro atoms. The zero-order valence-corrected chi connectivity index (χ0v) is 17.8. The summed E-state index contributed by atoms with van der Waals surface area (Å²) in [5.74, 6) is 1.08. The lowest BCUT2D eigenvalue weighted by atomic mass is 9.88. The first-order valence-corrected chi connectivity index (χ1v) is 9.85. The maximum atomic E-state index is 13.2. The molecule has 2 aromatic heterocycles. The number of likely N-dealkylation sites (tertiary alicyclic amines) is 2. The highest BCUT2D eigenvalue weighted by Gasteiger charge is 2.47. The van der Waals surface area contributed by atoms with Gasteiger partial charge in [0.15, 0.2) is 0 Å². The minimum absolute atomic E-state index is 0. The quantitative estimate of drug-likeness (QED) is 0.650. The van der Waals surface area contributed by atoms with Gasteiger partial charge in [0, 0.05) is 44.8 Å². The van der Waals surface area contributed by atoms with E-state index in [1.807, 2.05) is 18.0 Å². The summed E-state index contributed by atoms with van der Waals surface area (Å²) < 4.78 is 1.76. The second kappa shape index (κ2) is 7.43. The van der Waals surface area contributed by atoms with Crippen molar-refractivity contribution < 1.29 is 4.79 Å². The molecule has 0 N–H and O–H groups in total. The third kappa shape index (κ3) is 3.20. The molecular formula is C22H26ClN5O. The molecule has 3 atom stereocenters. The number of hydrogen-bond acceptors (Lipinski definition) is 4. The molecule has 1 aromatic carbocycles. The molecule has 29 heavy (non-hydrogen) atoms. The Morgan fingerprint density at radius 3 is 2.69 bits per heavy atom. The largest absolute Gasteiger partial charge is 0.338 e. The van der Waals surface area contributed by atoms with Gasteiger partial charge in [-0.2, -0.15) is 5.10 Å². The maximum absolute atomic E-state index is 13.2. The number of amides is 1. The number of benzene rings is 1. The summed E-state index contributed by atoms with van der Waals surface area (Å²) >= 11 is 0. The van der Waals surface area contributed by atoms with Crippen LogP contribution in [0.4, 0.5) is 0 Å². The highest BCUT2D eigenvalue weighted by molar-refractivity contribution is 5.96. The molecule has 3 aromatic rings. The minimum Gasteiger partial charge on any atom is -0.338 e. The van der Waals surface area contributed by atoms with Gasteiger partial charge in [-0.3, -0.25) is 19.4 Å². The molecular weight excluding hydrogens is 386 g/mol. The van der Waals surface area contributed by atoms with Gasteiger partial charge in [0.2, 0.25) is 0 Å². The summed E-state index contributed by atoms with van der Waals surface area (Å²) in [5, 5.41) is 4.22. The molecule has 2 aliphatic heterocycles. The normalized spacial score (nSPS) is 24.0. The van der Waals surface area contributed by atoms with Gasteiger partial charge >= 0.3 is 0 Å². The number of rotatable bonds is 2. The fourth-order valence-electron chi connectivity index (χ4n) is 5.14. The second-order valence-corrected chi connectivity index (χ2v) is 8.27. The molecule has 0 bridgehead atoms. The van der Waals surface area contributed by atoms with Crippen LogP contribution in [0, 0.1) is 18.8 Å². The molecule has 5 rings (SSSR count). The fraction of sp³-hybridized carbons (Fsp3) is 0.409. The number of pyridine rings is 1. The van der Waals surface area contributed by atoms with E-state index in [2.05, 4.69) is 53.2 Å². The van der Waals surface area contributed by atoms with Gasteiger partial charge in [-0.1, -0.05) is 24.3 Å². The molecule has 2 aliphatic rings. The van der Waals surface area contributed by atoms with Crippen molar-refractivity contribution in [2.75, 3.05) is 26.7 Å². The Kier molecular flexibility index (Phi) is 5.09. The van der Waals surface area contributed by atoms with Crippen LogP contribution in [0.3, 0.4) is 0 Å². The molecule has 0 radical (unpaired) electrons. The molecule has 152 valence electrons. The number of nitrogens with zero attached hydrogens (tertiary/aromatic N) is 5. The van der Waals surface area contributed by atoms with E-state index >= 15 is 0 Å². The molecule has 1 amide bonds. The van der Waals surface area contributed by atoms with Gasteiger partial charge in [-0.05, 0) is 37.1 Å². The van der Waals surface area contributed by atoms with Crippen molar-refractivity contribution in [3.63, 3.8) is 0 Å². The van der Waals surface area contributed by atoms with E-state index in [4.69, 9.17) is 0 Å². The van der Waals surface area contributed by atoms with Gasteiger partial charge in [0.05, 0.1) is 17.3 Å². The molecule has 4 heterocycles. The number of halogens is 1. The lowest BCUT2D eigenvalue weighted by Gasteiger charge is -2.28. The van der Waals surface area contributed by atoms with Crippen molar-refractivity contribution in [2.45, 2.75) is 13.0 Å². The Labute approximate surface area is 176 Å². The summed E-state index contributed by atoms with van der Waals surface area (Å²) in [6.45, 7) is 4.84. The molecule has 0 saturated carbocycles. The third-order valence-corrected chi connectivity index (χ3v) is 6.54. The van der Waals surface area contributed by atoms with Crippen LogP contribution in [-0.2, 0) is 7.05 Å². The minimum atomic E-state index is 0. The Bertz CT molecular complexity index is 1060. The third-order valence-electron chi connectivity index (χ3n) is 6.54. The molecule has 6 nitrogen and oxygen atoms in total. The maximum Gasteiger partial charge on any atom is 0.255 e. The SMILES string of the molecule is Cc1ccccc1[C@H]1[C@@H]2CN(C(=O)c3cnc4cnn(C)c4c3)C[C@@H]2CN1C.Cl. The number of aryl methyl sites for hydroxylation is 2. The molecule has 0 aliphatic carbocycles. The second-order valence-electron chi connectivity index (χ2n) is 8.27. The van der Waals surface area contributed by atoms with Crippen molar-refractivity contribution in [1.29, 1.82) is 0 Å². The number of carbonyl (C=O) groups is 1. The van der Waals surface area contributed by atoms with Gasteiger partial charge < -0.3 is 4.90 Å². The van der Waals surface area contributed by atoms with Gasteiger partial charge in [0.1, 0.15) is 5.52 Å². The topological polar surface area (TPSA) is 54.3 Å². The Balaban J connectivity index is 0.00000205. The molecule has 0 unspecified atom stereocenters. The highest BCUT2D eigenvalue weighted by Crippen LogP contribution is 2.45. The summed E-state index contributed by atoms with van der Waals surface area (Å²) in [6, 6.07) is 10.9. The molecule has 2 saturated heterocycles. The van der Waals surface area contributed by atoms with E-state index in [9.17, 15) is 4.79 Å². The van der Waals surface area contributed by atoms with Crippen molar-refractivity contribution in [2.24, 2.45) is 18.9 Å². The van der Waals surface area contributed by atoms with Crippen LogP contribution in [-0.4, -0.2) is 57.2 Å². The van der Waals surface area contributed by atoms with E-state index in [0.717, 1.165) is 30.7 Å². The summed E-state index contributed by atoms with van der Waals surface area (Å²) in [7, 11) is 4.09. The van der Waals surface area contributed by atoms with Crippen molar-refractivity contribution in [1.82, 2.24) is 24.6 Å². The van der Waals surface area contributed by atoms with Gasteiger partial charge in [0.25, 0.3) is 5.91 Å². The zero-order chi connectivity index (χ0) is 19.4. The fourth-order valence-corrected chi connectivity index (χ4v) is 5.14. The van der Waals surface area contributed by atoms with Crippen LogP contribution in [0.15, 0.2) is 42.7 Å². The molecule has 7 heteroatoms. The monoisotopic (exact) mass is 411 g/mol. The Hall–Kier alpha value is -2.44. The van der Waals surface area contributed by atoms with E-state index in [1.54, 1.807) is 17.1 Å². The van der Waals surface area contributed by atoms with Crippen LogP contribution >= 0.6 is 12.4 Å². The smallest absolute Gasteiger partial charge is 0.255 e. The summed E-state index contributed by atoms with van der Waals surface area (Å²) in [6.07, 6.45) is 3.41. The number of carbonyl (C=O) groups excluding carboxylic acids is 1. The Morgan fingerprint density at radius 1 is 1.10 bits per heavy atom. The molecule has 2 fully saturated rings. The Morgan fingerprint density at radius 2 is 1.90 bits per heavy atom. The average Bonchev–Trinajstić information content (AvgIpc) is 3.34. The van der Waals surface area contributed by atoms with E-state index < -0.39 is 0 Å². The van der Waals surface area contributed by atoms with Crippen molar-refractivity contribution >= 4 is 29.3 Å². The van der Waals surface area contributed by atoms with Crippen LogP contribution in [0.2, 0.25) is 0 Å². The van der Waals surface area contributed by atoms with E-state index in [-0.39, 0.29) is 18.3 Å². The van der Waals surface area contributed by atoms with Crippen LogP contribution in [0.25, 0.3) is 11.0 Å². The standard InChI is InChI=1S/C22H25N5O.ClH/c1-14-6-4-5-7-17(14)21-18-13-27(12-16(18)11-25(21)2)22(28)15-8-20-19(23-9-15)10-24-26(20)3;/h4-10,16,18,21H,11-13H2,1-3H3;1H/t16-,18+,21-;/m0./s1. The number of aromatic nitrogens is 3. The number of hydrogen-bond donors (Lipinski definition) is 0. The van der Waals surface area contributed by atoms with E-state index in [0.29, 0.717) is 23.4 Å². The highest BCUT2D eigenvalue weighted by atomic mass is 35.5.